The van der Waals surface area contributed by atoms with Crippen molar-refractivity contribution in [3.63, 3.8) is 0 Å². The van der Waals surface area contributed by atoms with E-state index < -0.39 is 47.0 Å². The van der Waals surface area contributed by atoms with E-state index in [2.05, 4.69) is 10.1 Å². The van der Waals surface area contributed by atoms with Gasteiger partial charge in [-0.15, -0.1) is 0 Å². The fourth-order valence-electron chi connectivity index (χ4n) is 2.16. The van der Waals surface area contributed by atoms with Gasteiger partial charge in [0.15, 0.2) is 0 Å². The molecule has 10 heteroatoms. The molecule has 4 nitrogen and oxygen atoms in total. The number of amides is 1. The third kappa shape index (κ3) is 5.92. The summed E-state index contributed by atoms with van der Waals surface area (Å²) in [6, 6.07) is -0.679. The Morgan fingerprint density at radius 2 is 1.46 bits per heavy atom. The number of rotatable bonds is 5. The molecule has 0 unspecified atom stereocenters. The van der Waals surface area contributed by atoms with Gasteiger partial charge in [0.2, 0.25) is 0 Å². The predicted octanol–water partition coefficient (Wildman–Crippen LogP) is 4.04. The van der Waals surface area contributed by atoms with Gasteiger partial charge in [-0.3, -0.25) is 4.79 Å². The van der Waals surface area contributed by atoms with E-state index in [1.54, 1.807) is 13.8 Å². The van der Waals surface area contributed by atoms with Gasteiger partial charge < -0.3 is 10.1 Å². The van der Waals surface area contributed by atoms with Crippen molar-refractivity contribution in [3.8, 4) is 0 Å². The molecule has 0 aliphatic heterocycles. The molecule has 0 spiro atoms. The first kappa shape index (κ1) is 21.8. The number of hydrogen-bond acceptors (Lipinski definition) is 3. The molecular weight excluding hydrogens is 368 g/mol. The van der Waals surface area contributed by atoms with Crippen molar-refractivity contribution in [2.24, 2.45) is 5.92 Å². The van der Waals surface area contributed by atoms with Crippen molar-refractivity contribution in [3.05, 3.63) is 34.9 Å². The van der Waals surface area contributed by atoms with Crippen LogP contribution in [0.4, 0.5) is 26.3 Å². The molecule has 1 aromatic carbocycles. The average molecular weight is 385 g/mol. The molecule has 0 radical (unpaired) electrons. The number of halogens is 6. The van der Waals surface area contributed by atoms with Gasteiger partial charge in [-0.1, -0.05) is 13.8 Å². The Morgan fingerprint density at radius 1 is 1.00 bits per heavy atom. The molecule has 1 aromatic rings. The largest absolute Gasteiger partial charge is 0.467 e. The van der Waals surface area contributed by atoms with Crippen LogP contribution in [0, 0.1) is 5.92 Å². The van der Waals surface area contributed by atoms with Crippen LogP contribution in [0.5, 0.6) is 0 Å². The second-order valence-corrected chi connectivity index (χ2v) is 5.97. The van der Waals surface area contributed by atoms with Crippen LogP contribution in [0.15, 0.2) is 18.2 Å². The highest BCUT2D eigenvalue weighted by Crippen LogP contribution is 2.36. The molecule has 1 N–H and O–H groups in total. The smallest absolute Gasteiger partial charge is 0.416 e. The van der Waals surface area contributed by atoms with Gasteiger partial charge in [-0.25, -0.2) is 4.79 Å². The topological polar surface area (TPSA) is 55.4 Å². The second-order valence-electron chi connectivity index (χ2n) is 5.97. The minimum absolute atomic E-state index is 0.0807. The van der Waals surface area contributed by atoms with Crippen molar-refractivity contribution in [1.82, 2.24) is 5.32 Å². The van der Waals surface area contributed by atoms with E-state index in [0.29, 0.717) is 12.1 Å². The Balaban J connectivity index is 3.27. The number of hydrogen-bond donors (Lipinski definition) is 1. The number of alkyl halides is 6. The van der Waals surface area contributed by atoms with E-state index in [-0.39, 0.29) is 18.4 Å². The monoisotopic (exact) mass is 385 g/mol. The van der Waals surface area contributed by atoms with Crippen LogP contribution >= 0.6 is 0 Å². The minimum Gasteiger partial charge on any atom is -0.467 e. The van der Waals surface area contributed by atoms with Crippen molar-refractivity contribution in [2.75, 3.05) is 7.11 Å². The lowest BCUT2D eigenvalue weighted by atomic mass is 10.0. The highest BCUT2D eigenvalue weighted by atomic mass is 19.4. The van der Waals surface area contributed by atoms with Crippen LogP contribution in [0.1, 0.15) is 41.8 Å². The van der Waals surface area contributed by atoms with E-state index in [9.17, 15) is 35.9 Å². The molecule has 146 valence electrons. The summed E-state index contributed by atoms with van der Waals surface area (Å²) >= 11 is 0. The van der Waals surface area contributed by atoms with Gasteiger partial charge in [0.25, 0.3) is 5.91 Å². The molecule has 1 amide bonds. The summed E-state index contributed by atoms with van der Waals surface area (Å²) in [5.74, 6) is -2.18. The van der Waals surface area contributed by atoms with Crippen LogP contribution in [-0.4, -0.2) is 25.0 Å². The summed E-state index contributed by atoms with van der Waals surface area (Å²) in [7, 11) is 1.05. The number of carbonyl (C=O) groups is 2. The molecule has 1 atom stereocenters. The van der Waals surface area contributed by atoms with Gasteiger partial charge in [-0.2, -0.15) is 26.3 Å². The first-order valence-corrected chi connectivity index (χ1v) is 7.44. The molecule has 0 aliphatic carbocycles. The Morgan fingerprint density at radius 3 is 1.81 bits per heavy atom. The lowest BCUT2D eigenvalue weighted by Gasteiger charge is -2.19. The number of carbonyl (C=O) groups excluding carboxylic acids is 2. The first-order valence-electron chi connectivity index (χ1n) is 7.44. The molecule has 0 heterocycles. The van der Waals surface area contributed by atoms with Crippen LogP contribution in [0.3, 0.4) is 0 Å². The summed E-state index contributed by atoms with van der Waals surface area (Å²) in [5, 5.41) is 2.12. The quantitative estimate of drug-likeness (QED) is 0.615. The summed E-state index contributed by atoms with van der Waals surface area (Å²) in [4.78, 5) is 23.8. The van der Waals surface area contributed by atoms with Gasteiger partial charge in [0.1, 0.15) is 6.04 Å². The fraction of sp³-hybridized carbons (Fsp3) is 0.500. The van der Waals surface area contributed by atoms with Crippen LogP contribution in [-0.2, 0) is 21.9 Å². The fourth-order valence-corrected chi connectivity index (χ4v) is 2.16. The van der Waals surface area contributed by atoms with Gasteiger partial charge in [0.05, 0.1) is 18.2 Å². The number of nitrogens with one attached hydrogen (secondary N) is 1. The molecular formula is C16H17F6NO3. The number of benzene rings is 1. The number of methoxy groups -OCH3 is 1. The Kier molecular flexibility index (Phi) is 6.67. The zero-order chi connectivity index (χ0) is 20.3. The van der Waals surface area contributed by atoms with E-state index >= 15 is 0 Å². The molecule has 0 saturated carbocycles. The summed E-state index contributed by atoms with van der Waals surface area (Å²) in [6.07, 6.45) is -10.0. The Hall–Kier alpha value is -2.26. The lowest BCUT2D eigenvalue weighted by molar-refractivity contribution is -0.144. The standard InChI is InChI=1S/C16H17F6NO3/c1-8(2)4-12(14(25)26-3)23-13(24)9-5-10(15(17,18)19)7-11(6-9)16(20,21)22/h5-8,12H,4H2,1-3H3,(H,23,24)/t12-/m1/s1. The second kappa shape index (κ2) is 7.96. The highest BCUT2D eigenvalue weighted by Gasteiger charge is 2.37. The average Bonchev–Trinajstić information content (AvgIpc) is 2.50. The molecule has 0 bridgehead atoms. The predicted molar refractivity (Wildman–Crippen MR) is 79.2 cm³/mol. The summed E-state index contributed by atoms with van der Waals surface area (Å²) in [5.41, 5.74) is -4.09. The lowest BCUT2D eigenvalue weighted by Crippen LogP contribution is -2.42. The van der Waals surface area contributed by atoms with Crippen LogP contribution < -0.4 is 5.32 Å². The third-order valence-corrected chi connectivity index (χ3v) is 3.35. The van der Waals surface area contributed by atoms with Crippen molar-refractivity contribution < 1.29 is 40.7 Å². The number of esters is 1. The van der Waals surface area contributed by atoms with Crippen LogP contribution in [0.25, 0.3) is 0 Å². The zero-order valence-electron chi connectivity index (χ0n) is 14.1. The van der Waals surface area contributed by atoms with Crippen LogP contribution in [0.2, 0.25) is 0 Å². The minimum atomic E-state index is -5.07. The maximum Gasteiger partial charge on any atom is 0.416 e. The molecule has 0 saturated heterocycles. The van der Waals surface area contributed by atoms with Gasteiger partial charge in [0, 0.05) is 5.56 Å². The Labute approximate surface area is 145 Å². The summed E-state index contributed by atoms with van der Waals surface area (Å²) in [6.45, 7) is 3.43. The van der Waals surface area contributed by atoms with Crippen molar-refractivity contribution in [1.29, 1.82) is 0 Å². The van der Waals surface area contributed by atoms with Gasteiger partial charge >= 0.3 is 18.3 Å². The van der Waals surface area contributed by atoms with E-state index in [0.717, 1.165) is 7.11 Å². The molecule has 1 rings (SSSR count). The molecule has 0 fully saturated rings. The van der Waals surface area contributed by atoms with E-state index in [4.69, 9.17) is 0 Å². The molecule has 0 aromatic heterocycles. The zero-order valence-corrected chi connectivity index (χ0v) is 14.1. The summed E-state index contributed by atoms with van der Waals surface area (Å²) < 4.78 is 81.6. The van der Waals surface area contributed by atoms with Crippen molar-refractivity contribution >= 4 is 11.9 Å². The number of ether oxygens (including phenoxy) is 1. The van der Waals surface area contributed by atoms with E-state index in [1.165, 1.54) is 0 Å². The van der Waals surface area contributed by atoms with E-state index in [1.807, 2.05) is 0 Å². The maximum absolute atomic E-state index is 12.8. The van der Waals surface area contributed by atoms with Gasteiger partial charge in [-0.05, 0) is 30.5 Å². The van der Waals surface area contributed by atoms with Crippen molar-refractivity contribution in [2.45, 2.75) is 38.7 Å². The first-order chi connectivity index (χ1) is 11.8. The maximum atomic E-state index is 12.8. The molecule has 26 heavy (non-hydrogen) atoms. The normalized spacial score (nSPS) is 13.5. The molecule has 0 aliphatic rings. The third-order valence-electron chi connectivity index (χ3n) is 3.35. The highest BCUT2D eigenvalue weighted by molar-refractivity contribution is 5.97. The SMILES string of the molecule is COC(=O)[C@@H](CC(C)C)NC(=O)c1cc(C(F)(F)F)cc(C(F)(F)F)c1. The Bertz CT molecular complexity index is 635.